The van der Waals surface area contributed by atoms with Crippen LogP contribution < -0.4 is 0 Å². The maximum absolute atomic E-state index is 5.79. The van der Waals surface area contributed by atoms with Gasteiger partial charge in [0.15, 0.2) is 0 Å². The predicted octanol–water partition coefficient (Wildman–Crippen LogP) is 2.74. The highest BCUT2D eigenvalue weighted by Crippen LogP contribution is 2.18. The quantitative estimate of drug-likeness (QED) is 0.478. The molecule has 92 valence electrons. The summed E-state index contributed by atoms with van der Waals surface area (Å²) in [6.07, 6.45) is 2.97. The van der Waals surface area contributed by atoms with Crippen LogP contribution >= 0.6 is 12.6 Å². The molecule has 0 aliphatic rings. The van der Waals surface area contributed by atoms with Gasteiger partial charge in [0.1, 0.15) is 0 Å². The lowest BCUT2D eigenvalue weighted by molar-refractivity contribution is 0.0773. The van der Waals surface area contributed by atoms with Gasteiger partial charge < -0.3 is 13.3 Å². The number of rotatable bonds is 10. The minimum atomic E-state index is -2.38. The average molecular weight is 252 g/mol. The highest BCUT2D eigenvalue weighted by Gasteiger charge is 2.38. The van der Waals surface area contributed by atoms with Gasteiger partial charge in [0.05, 0.1) is 0 Å². The molecule has 0 aromatic carbocycles. The fourth-order valence-electron chi connectivity index (χ4n) is 1.22. The van der Waals surface area contributed by atoms with Crippen molar-refractivity contribution in [2.75, 3.05) is 26.1 Å². The van der Waals surface area contributed by atoms with Crippen molar-refractivity contribution in [3.05, 3.63) is 0 Å². The Kier molecular flexibility index (Phi) is 9.94. The molecular formula is C10H24O3SSi. The van der Waals surface area contributed by atoms with Crippen molar-refractivity contribution in [2.45, 2.75) is 39.2 Å². The summed E-state index contributed by atoms with van der Waals surface area (Å²) >= 11 is 4.21. The van der Waals surface area contributed by atoms with Gasteiger partial charge in [-0.1, -0.05) is 13.8 Å². The van der Waals surface area contributed by atoms with Gasteiger partial charge in [-0.05, 0) is 25.0 Å². The molecule has 0 atom stereocenters. The van der Waals surface area contributed by atoms with Crippen LogP contribution in [0.15, 0.2) is 0 Å². The first-order valence-corrected chi connectivity index (χ1v) is 8.25. The fourth-order valence-corrected chi connectivity index (χ4v) is 4.12. The van der Waals surface area contributed by atoms with E-state index in [1.165, 1.54) is 0 Å². The highest BCUT2D eigenvalue weighted by atomic mass is 32.1. The van der Waals surface area contributed by atoms with Crippen LogP contribution in [-0.4, -0.2) is 34.9 Å². The minimum absolute atomic E-state index is 0.719. The Balaban J connectivity index is 4.16. The molecule has 5 heteroatoms. The molecule has 0 saturated carbocycles. The Morgan fingerprint density at radius 3 is 1.93 bits per heavy atom. The van der Waals surface area contributed by atoms with Gasteiger partial charge in [-0.3, -0.25) is 0 Å². The monoisotopic (exact) mass is 252 g/mol. The Hall–Kier alpha value is 0.447. The Bertz CT molecular complexity index is 125. The third-order valence-electron chi connectivity index (χ3n) is 2.00. The topological polar surface area (TPSA) is 27.7 Å². The van der Waals surface area contributed by atoms with E-state index in [1.807, 2.05) is 0 Å². The van der Waals surface area contributed by atoms with Gasteiger partial charge in [0.25, 0.3) is 0 Å². The lowest BCUT2D eigenvalue weighted by Crippen LogP contribution is -2.45. The van der Waals surface area contributed by atoms with Crippen molar-refractivity contribution in [2.24, 2.45) is 0 Å². The maximum Gasteiger partial charge on any atom is 0.500 e. The molecule has 0 bridgehead atoms. The first-order valence-electron chi connectivity index (χ1n) is 5.68. The second-order valence-corrected chi connectivity index (χ2v) is 6.71. The summed E-state index contributed by atoms with van der Waals surface area (Å²) in [6.45, 7) is 5.62. The molecule has 0 amide bonds. The standard InChI is InChI=1S/C10H24O3SSi/c1-4-7-12-15(11-3,10-6-9-14)13-8-5-2/h14H,4-10H2,1-3H3. The van der Waals surface area contributed by atoms with Crippen molar-refractivity contribution in [3.63, 3.8) is 0 Å². The smallest absolute Gasteiger partial charge is 0.377 e. The molecule has 0 aromatic rings. The second-order valence-electron chi connectivity index (χ2n) is 3.41. The zero-order valence-electron chi connectivity index (χ0n) is 10.1. The summed E-state index contributed by atoms with van der Waals surface area (Å²) in [5, 5.41) is 0. The molecule has 0 fully saturated rings. The Morgan fingerprint density at radius 2 is 1.60 bits per heavy atom. The number of hydrogen-bond donors (Lipinski definition) is 1. The highest BCUT2D eigenvalue weighted by molar-refractivity contribution is 7.80. The van der Waals surface area contributed by atoms with Gasteiger partial charge in [0, 0.05) is 26.4 Å². The third kappa shape index (κ3) is 6.58. The first-order chi connectivity index (χ1) is 7.24. The summed E-state index contributed by atoms with van der Waals surface area (Å²) in [7, 11) is -0.691. The van der Waals surface area contributed by atoms with Crippen LogP contribution in [0.2, 0.25) is 6.04 Å². The zero-order chi connectivity index (χ0) is 11.6. The van der Waals surface area contributed by atoms with E-state index < -0.39 is 8.80 Å². The molecule has 0 aromatic heterocycles. The van der Waals surface area contributed by atoms with Crippen LogP contribution in [0.3, 0.4) is 0 Å². The van der Waals surface area contributed by atoms with E-state index in [0.29, 0.717) is 0 Å². The van der Waals surface area contributed by atoms with E-state index >= 15 is 0 Å². The summed E-state index contributed by atoms with van der Waals surface area (Å²) in [5.41, 5.74) is 0. The molecule has 3 nitrogen and oxygen atoms in total. The van der Waals surface area contributed by atoms with E-state index in [1.54, 1.807) is 7.11 Å². The molecule has 0 saturated heterocycles. The van der Waals surface area contributed by atoms with Gasteiger partial charge in [-0.25, -0.2) is 0 Å². The van der Waals surface area contributed by atoms with Crippen LogP contribution in [0.1, 0.15) is 33.1 Å². The largest absolute Gasteiger partial charge is 0.500 e. The molecular weight excluding hydrogens is 228 g/mol. The average Bonchev–Trinajstić information content (AvgIpc) is 2.29. The summed E-state index contributed by atoms with van der Waals surface area (Å²) in [5.74, 6) is 0.850. The van der Waals surface area contributed by atoms with Gasteiger partial charge in [-0.2, -0.15) is 12.6 Å². The van der Waals surface area contributed by atoms with Crippen LogP contribution in [0.5, 0.6) is 0 Å². The Labute approximate surface area is 100 Å². The second kappa shape index (κ2) is 9.66. The van der Waals surface area contributed by atoms with Crippen molar-refractivity contribution in [3.8, 4) is 0 Å². The molecule has 0 aliphatic heterocycles. The van der Waals surface area contributed by atoms with Crippen LogP contribution in [0.4, 0.5) is 0 Å². The van der Waals surface area contributed by atoms with E-state index in [0.717, 1.165) is 44.3 Å². The summed E-state index contributed by atoms with van der Waals surface area (Å²) in [4.78, 5) is 0. The van der Waals surface area contributed by atoms with E-state index in [2.05, 4.69) is 26.5 Å². The number of thiol groups is 1. The van der Waals surface area contributed by atoms with Crippen molar-refractivity contribution in [1.29, 1.82) is 0 Å². The van der Waals surface area contributed by atoms with Gasteiger partial charge in [-0.15, -0.1) is 0 Å². The lowest BCUT2D eigenvalue weighted by Gasteiger charge is -2.27. The fraction of sp³-hybridized carbons (Fsp3) is 1.00. The van der Waals surface area contributed by atoms with Crippen LogP contribution in [0, 0.1) is 0 Å². The third-order valence-corrected chi connectivity index (χ3v) is 5.20. The minimum Gasteiger partial charge on any atom is -0.377 e. The number of hydrogen-bond acceptors (Lipinski definition) is 4. The SMILES string of the molecule is CCCO[Si](CCCS)(OC)OCCC. The first kappa shape index (κ1) is 15.4. The summed E-state index contributed by atoms with van der Waals surface area (Å²) in [6, 6.07) is 0.868. The van der Waals surface area contributed by atoms with E-state index in [-0.39, 0.29) is 0 Å². The van der Waals surface area contributed by atoms with Crippen LogP contribution in [-0.2, 0) is 13.3 Å². The van der Waals surface area contributed by atoms with E-state index in [4.69, 9.17) is 13.3 Å². The van der Waals surface area contributed by atoms with Gasteiger partial charge in [0.2, 0.25) is 0 Å². The summed E-state index contributed by atoms with van der Waals surface area (Å²) < 4.78 is 17.1. The molecule has 0 rings (SSSR count). The van der Waals surface area contributed by atoms with E-state index in [9.17, 15) is 0 Å². The zero-order valence-corrected chi connectivity index (χ0v) is 12.0. The van der Waals surface area contributed by atoms with Crippen molar-refractivity contribution >= 4 is 21.4 Å². The molecule has 0 radical (unpaired) electrons. The van der Waals surface area contributed by atoms with Crippen LogP contribution in [0.25, 0.3) is 0 Å². The van der Waals surface area contributed by atoms with Gasteiger partial charge >= 0.3 is 8.80 Å². The maximum atomic E-state index is 5.79. The predicted molar refractivity (Wildman–Crippen MR) is 68.5 cm³/mol. The Morgan fingerprint density at radius 1 is 1.07 bits per heavy atom. The molecule has 0 unspecified atom stereocenters. The molecule has 0 aliphatic carbocycles. The molecule has 15 heavy (non-hydrogen) atoms. The molecule has 0 spiro atoms. The molecule has 0 N–H and O–H groups in total. The normalized spacial score (nSPS) is 12.0. The van der Waals surface area contributed by atoms with Crippen molar-refractivity contribution < 1.29 is 13.3 Å². The lowest BCUT2D eigenvalue weighted by atomic mass is 10.5. The molecule has 0 heterocycles. The van der Waals surface area contributed by atoms with Crippen molar-refractivity contribution in [1.82, 2.24) is 0 Å².